The van der Waals surface area contributed by atoms with Gasteiger partial charge in [0.2, 0.25) is 5.95 Å². The van der Waals surface area contributed by atoms with Gasteiger partial charge < -0.3 is 15.4 Å². The van der Waals surface area contributed by atoms with Crippen molar-refractivity contribution in [1.82, 2.24) is 9.97 Å². The van der Waals surface area contributed by atoms with Crippen molar-refractivity contribution in [1.29, 1.82) is 10.5 Å². The van der Waals surface area contributed by atoms with Crippen LogP contribution in [0.3, 0.4) is 0 Å². The van der Waals surface area contributed by atoms with Crippen LogP contribution >= 0.6 is 0 Å². The number of allylic oxidation sites excluding steroid dienone is 1. The van der Waals surface area contributed by atoms with Crippen molar-refractivity contribution in [2.45, 2.75) is 34.3 Å². The van der Waals surface area contributed by atoms with E-state index < -0.39 is 0 Å². The normalized spacial score (nSPS) is 10.9. The number of nitriles is 2. The van der Waals surface area contributed by atoms with Crippen LogP contribution in [0.1, 0.15) is 40.4 Å². The third kappa shape index (κ3) is 5.74. The Balaban J connectivity index is 1.98. The predicted molar refractivity (Wildman–Crippen MR) is 130 cm³/mol. The second-order valence-electron chi connectivity index (χ2n) is 7.81. The van der Waals surface area contributed by atoms with Gasteiger partial charge in [-0.1, -0.05) is 0 Å². The smallest absolute Gasteiger partial charge is 0.229 e. The number of methoxy groups -OCH3 is 1. The van der Waals surface area contributed by atoms with Crippen LogP contribution < -0.4 is 10.6 Å². The summed E-state index contributed by atoms with van der Waals surface area (Å²) in [7, 11) is 1.63. The topological polar surface area (TPSA) is 107 Å². The molecule has 1 aromatic heterocycles. The SMILES string of the molecule is COCc1nc(Nc2ccc(C#N)cc2)nc(Nc2c(C)cc(/C=C(\C)C#N)cc2C)c1C. The highest BCUT2D eigenvalue weighted by Crippen LogP contribution is 2.29. The van der Waals surface area contributed by atoms with Crippen molar-refractivity contribution < 1.29 is 4.74 Å². The first-order chi connectivity index (χ1) is 15.8. The molecule has 0 fully saturated rings. The van der Waals surface area contributed by atoms with Crippen molar-refractivity contribution in [2.24, 2.45) is 0 Å². The highest BCUT2D eigenvalue weighted by atomic mass is 16.5. The quantitative estimate of drug-likeness (QED) is 0.447. The van der Waals surface area contributed by atoms with E-state index in [2.05, 4.69) is 27.8 Å². The number of nitrogens with one attached hydrogen (secondary N) is 2. The van der Waals surface area contributed by atoms with Crippen molar-refractivity contribution in [3.8, 4) is 12.1 Å². The van der Waals surface area contributed by atoms with Crippen LogP contribution in [0.2, 0.25) is 0 Å². The van der Waals surface area contributed by atoms with Crippen LogP contribution in [0, 0.1) is 43.4 Å². The van der Waals surface area contributed by atoms with E-state index in [4.69, 9.17) is 20.2 Å². The Morgan fingerprint density at radius 1 is 1.03 bits per heavy atom. The maximum atomic E-state index is 9.07. The molecule has 7 heteroatoms. The van der Waals surface area contributed by atoms with Gasteiger partial charge in [-0.25, -0.2) is 4.98 Å². The number of benzene rings is 2. The maximum Gasteiger partial charge on any atom is 0.229 e. The fraction of sp³-hybridized carbons (Fsp3) is 0.231. The lowest BCUT2D eigenvalue weighted by atomic mass is 10.0. The summed E-state index contributed by atoms with van der Waals surface area (Å²) in [4.78, 5) is 9.32. The second-order valence-corrected chi connectivity index (χ2v) is 7.81. The van der Waals surface area contributed by atoms with Gasteiger partial charge in [0.05, 0.1) is 30.0 Å². The summed E-state index contributed by atoms with van der Waals surface area (Å²) in [5.41, 5.74) is 7.71. The number of anilines is 4. The number of hydrogen-bond acceptors (Lipinski definition) is 7. The van der Waals surface area contributed by atoms with Crippen molar-refractivity contribution in [2.75, 3.05) is 17.7 Å². The van der Waals surface area contributed by atoms with Crippen molar-refractivity contribution in [3.63, 3.8) is 0 Å². The molecular formula is C26H26N6O. The summed E-state index contributed by atoms with van der Waals surface area (Å²) in [6.45, 7) is 8.15. The minimum absolute atomic E-state index is 0.347. The molecule has 2 N–H and O–H groups in total. The lowest BCUT2D eigenvalue weighted by Gasteiger charge is -2.18. The Labute approximate surface area is 194 Å². The van der Waals surface area contributed by atoms with Gasteiger partial charge in [-0.3, -0.25) is 0 Å². The average molecular weight is 439 g/mol. The van der Waals surface area contributed by atoms with Gasteiger partial charge in [0.1, 0.15) is 5.82 Å². The van der Waals surface area contributed by atoms with Crippen LogP contribution in [0.5, 0.6) is 0 Å². The molecule has 0 saturated heterocycles. The zero-order valence-electron chi connectivity index (χ0n) is 19.4. The van der Waals surface area contributed by atoms with Crippen LogP contribution in [-0.4, -0.2) is 17.1 Å². The van der Waals surface area contributed by atoms with E-state index in [1.165, 1.54) is 0 Å². The highest BCUT2D eigenvalue weighted by Gasteiger charge is 2.14. The Kier molecular flexibility index (Phi) is 7.40. The van der Waals surface area contributed by atoms with Crippen LogP contribution in [0.25, 0.3) is 6.08 Å². The molecule has 1 heterocycles. The van der Waals surface area contributed by atoms with E-state index in [1.54, 1.807) is 26.2 Å². The van der Waals surface area contributed by atoms with Crippen molar-refractivity contribution in [3.05, 3.63) is 75.5 Å². The van der Waals surface area contributed by atoms with E-state index in [0.717, 1.165) is 39.3 Å². The third-order valence-corrected chi connectivity index (χ3v) is 5.16. The molecule has 0 atom stereocenters. The molecule has 3 rings (SSSR count). The van der Waals surface area contributed by atoms with Gasteiger partial charge in [-0.05, 0) is 86.9 Å². The molecule has 0 aliphatic carbocycles. The van der Waals surface area contributed by atoms with Crippen LogP contribution in [0.15, 0.2) is 42.0 Å². The number of aryl methyl sites for hydroxylation is 2. The largest absolute Gasteiger partial charge is 0.378 e. The Morgan fingerprint density at radius 2 is 1.70 bits per heavy atom. The van der Waals surface area contributed by atoms with Crippen LogP contribution in [0.4, 0.5) is 23.1 Å². The first-order valence-corrected chi connectivity index (χ1v) is 10.4. The Hall–Kier alpha value is -4.20. The highest BCUT2D eigenvalue weighted by molar-refractivity contribution is 5.71. The Bertz CT molecular complexity index is 1260. The van der Waals surface area contributed by atoms with E-state index in [0.29, 0.717) is 29.5 Å². The first-order valence-electron chi connectivity index (χ1n) is 10.4. The minimum atomic E-state index is 0.347. The standard InChI is InChI=1S/C26H26N6O/c1-16(13-27)10-21-11-17(2)24(18(3)12-21)31-25-19(4)23(15-33-5)30-26(32-25)29-22-8-6-20(14-28)7-9-22/h6-12H,15H2,1-5H3,(H2,29,30,31,32)/b16-10+. The molecule has 2 aromatic carbocycles. The number of hydrogen-bond donors (Lipinski definition) is 2. The Morgan fingerprint density at radius 3 is 2.27 bits per heavy atom. The zero-order chi connectivity index (χ0) is 24.0. The number of aromatic nitrogens is 2. The zero-order valence-corrected chi connectivity index (χ0v) is 19.4. The lowest BCUT2D eigenvalue weighted by Crippen LogP contribution is -2.09. The van der Waals surface area contributed by atoms with Crippen LogP contribution in [-0.2, 0) is 11.3 Å². The molecule has 0 radical (unpaired) electrons. The summed E-state index contributed by atoms with van der Waals surface area (Å²) >= 11 is 0. The average Bonchev–Trinajstić information content (AvgIpc) is 2.79. The summed E-state index contributed by atoms with van der Waals surface area (Å²) in [6, 6.07) is 15.5. The molecule has 33 heavy (non-hydrogen) atoms. The molecule has 0 spiro atoms. The lowest BCUT2D eigenvalue weighted by molar-refractivity contribution is 0.181. The fourth-order valence-electron chi connectivity index (χ4n) is 3.45. The molecule has 0 aliphatic heterocycles. The van der Waals surface area contributed by atoms with Gasteiger partial charge in [0.25, 0.3) is 0 Å². The molecule has 7 nitrogen and oxygen atoms in total. The molecule has 0 unspecified atom stereocenters. The van der Waals surface area contributed by atoms with E-state index >= 15 is 0 Å². The van der Waals surface area contributed by atoms with Gasteiger partial charge in [0, 0.05) is 29.6 Å². The van der Waals surface area contributed by atoms with E-state index in [-0.39, 0.29) is 0 Å². The molecule has 0 amide bonds. The number of nitrogens with zero attached hydrogens (tertiary/aromatic N) is 4. The molecule has 0 saturated carbocycles. The van der Waals surface area contributed by atoms with Gasteiger partial charge in [-0.15, -0.1) is 0 Å². The van der Waals surface area contributed by atoms with Gasteiger partial charge in [-0.2, -0.15) is 15.5 Å². The fourth-order valence-corrected chi connectivity index (χ4v) is 3.45. The van der Waals surface area contributed by atoms with Crippen molar-refractivity contribution >= 4 is 29.2 Å². The molecule has 166 valence electrons. The predicted octanol–water partition coefficient (Wildman–Crippen LogP) is 5.83. The number of ether oxygens (including phenoxy) is 1. The molecule has 0 bridgehead atoms. The summed E-state index contributed by atoms with van der Waals surface area (Å²) in [5.74, 6) is 1.11. The van der Waals surface area contributed by atoms with Gasteiger partial charge in [0.15, 0.2) is 0 Å². The maximum absolute atomic E-state index is 9.07. The monoisotopic (exact) mass is 438 g/mol. The minimum Gasteiger partial charge on any atom is -0.378 e. The third-order valence-electron chi connectivity index (χ3n) is 5.16. The first kappa shape index (κ1) is 23.5. The number of rotatable bonds is 7. The van der Waals surface area contributed by atoms with E-state index in [9.17, 15) is 0 Å². The summed E-state index contributed by atoms with van der Waals surface area (Å²) in [5, 5.41) is 24.7. The summed E-state index contributed by atoms with van der Waals surface area (Å²) in [6.07, 6.45) is 1.87. The molecule has 0 aliphatic rings. The molecular weight excluding hydrogens is 412 g/mol. The van der Waals surface area contributed by atoms with E-state index in [1.807, 2.05) is 51.1 Å². The summed E-state index contributed by atoms with van der Waals surface area (Å²) < 4.78 is 5.35. The van der Waals surface area contributed by atoms with Gasteiger partial charge >= 0.3 is 0 Å². The second kappa shape index (κ2) is 10.4. The molecule has 3 aromatic rings.